The molecule has 0 aromatic heterocycles. The zero-order valence-corrected chi connectivity index (χ0v) is 17.7. The van der Waals surface area contributed by atoms with Crippen LogP contribution in [0, 0.1) is 34.5 Å². The Morgan fingerprint density at radius 1 is 0.897 bits per heavy atom. The minimum absolute atomic E-state index is 0.201. The maximum atomic E-state index is 11.6. The molecule has 3 N–H and O–H groups in total. The van der Waals surface area contributed by atoms with Gasteiger partial charge in [-0.15, -0.1) is 0 Å². The lowest BCUT2D eigenvalue weighted by Gasteiger charge is -2.55. The van der Waals surface area contributed by atoms with E-state index in [9.17, 15) is 19.8 Å². The maximum Gasteiger partial charge on any atom is 0.303 e. The van der Waals surface area contributed by atoms with Gasteiger partial charge in [0.1, 0.15) is 0 Å². The normalized spacial score (nSPS) is 39.7. The first-order valence-electron chi connectivity index (χ1n) is 11.3. The lowest BCUT2D eigenvalue weighted by atomic mass is 9.52. The fourth-order valence-corrected chi connectivity index (χ4v) is 7.16. The standard InChI is InChI=1S/C24H35NO4/c1-3-15-5-17-9-23(11-21(26)27,19(17)7-15)13-25-14-24(12-22(28)29)10-18-6-16(4-2)8-20(18)24/h7-8,17-20,25H,3-6,9-14H2,1-2H3,(H,26,27)(H,28,29)/t17-,18?,19-,20-,23-,24-/m1/s1. The Hall–Kier alpha value is -1.62. The van der Waals surface area contributed by atoms with Gasteiger partial charge in [-0.25, -0.2) is 0 Å². The third-order valence-corrected chi connectivity index (χ3v) is 8.52. The van der Waals surface area contributed by atoms with Gasteiger partial charge in [0.2, 0.25) is 0 Å². The van der Waals surface area contributed by atoms with Crippen LogP contribution in [-0.4, -0.2) is 35.2 Å². The van der Waals surface area contributed by atoms with Crippen molar-refractivity contribution in [3.8, 4) is 0 Å². The van der Waals surface area contributed by atoms with Crippen LogP contribution >= 0.6 is 0 Å². The van der Waals surface area contributed by atoms with E-state index in [0.717, 1.165) is 38.5 Å². The molecule has 0 aromatic carbocycles. The summed E-state index contributed by atoms with van der Waals surface area (Å²) in [6, 6.07) is 0. The van der Waals surface area contributed by atoms with Crippen molar-refractivity contribution in [1.29, 1.82) is 0 Å². The lowest BCUT2D eigenvalue weighted by Crippen LogP contribution is -2.57. The van der Waals surface area contributed by atoms with Crippen LogP contribution in [-0.2, 0) is 9.59 Å². The number of carboxylic acids is 2. The number of aliphatic carboxylic acids is 2. The van der Waals surface area contributed by atoms with Gasteiger partial charge in [0.25, 0.3) is 0 Å². The summed E-state index contributed by atoms with van der Waals surface area (Å²) >= 11 is 0. The van der Waals surface area contributed by atoms with Gasteiger partial charge in [-0.2, -0.15) is 0 Å². The quantitative estimate of drug-likeness (QED) is 0.476. The van der Waals surface area contributed by atoms with Crippen molar-refractivity contribution >= 4 is 11.9 Å². The maximum absolute atomic E-state index is 11.6. The highest BCUT2D eigenvalue weighted by Crippen LogP contribution is 2.61. The van der Waals surface area contributed by atoms with Crippen LogP contribution in [0.25, 0.3) is 0 Å². The van der Waals surface area contributed by atoms with Crippen molar-refractivity contribution in [3.05, 3.63) is 23.3 Å². The minimum Gasteiger partial charge on any atom is -0.481 e. The smallest absolute Gasteiger partial charge is 0.303 e. The van der Waals surface area contributed by atoms with Gasteiger partial charge < -0.3 is 15.5 Å². The Labute approximate surface area is 173 Å². The van der Waals surface area contributed by atoms with E-state index in [1.54, 1.807) is 0 Å². The fourth-order valence-electron chi connectivity index (χ4n) is 7.16. The second kappa shape index (κ2) is 7.57. The highest BCUT2D eigenvalue weighted by atomic mass is 16.4. The molecule has 160 valence electrons. The number of carboxylic acid groups (broad SMARTS) is 2. The monoisotopic (exact) mass is 401 g/mol. The average Bonchev–Trinajstić information content (AvgIpc) is 3.17. The predicted octanol–water partition coefficient (Wildman–Crippen LogP) is 4.25. The van der Waals surface area contributed by atoms with Crippen LogP contribution in [0.15, 0.2) is 23.3 Å². The number of rotatable bonds is 10. The van der Waals surface area contributed by atoms with E-state index in [1.807, 2.05) is 0 Å². The summed E-state index contributed by atoms with van der Waals surface area (Å²) in [6.07, 6.45) is 11.4. The zero-order chi connectivity index (χ0) is 20.8. The first-order valence-corrected chi connectivity index (χ1v) is 11.3. The molecule has 29 heavy (non-hydrogen) atoms. The molecule has 4 aliphatic rings. The number of hydrogen-bond donors (Lipinski definition) is 3. The Morgan fingerprint density at radius 3 is 1.66 bits per heavy atom. The van der Waals surface area contributed by atoms with E-state index < -0.39 is 11.9 Å². The summed E-state index contributed by atoms with van der Waals surface area (Å²) in [5.74, 6) is 0.499. The average molecular weight is 402 g/mol. The molecule has 5 nitrogen and oxygen atoms in total. The molecule has 1 unspecified atom stereocenters. The van der Waals surface area contributed by atoms with Crippen LogP contribution in [0.4, 0.5) is 0 Å². The summed E-state index contributed by atoms with van der Waals surface area (Å²) in [6.45, 7) is 5.71. The first kappa shape index (κ1) is 20.6. The van der Waals surface area contributed by atoms with Crippen molar-refractivity contribution < 1.29 is 19.8 Å². The molecule has 2 fully saturated rings. The van der Waals surface area contributed by atoms with Crippen molar-refractivity contribution in [2.45, 2.75) is 65.2 Å². The van der Waals surface area contributed by atoms with E-state index in [4.69, 9.17) is 0 Å². The highest BCUT2D eigenvalue weighted by Gasteiger charge is 2.57. The van der Waals surface area contributed by atoms with Crippen LogP contribution in [0.2, 0.25) is 0 Å². The Morgan fingerprint density at radius 2 is 1.31 bits per heavy atom. The molecule has 0 radical (unpaired) electrons. The summed E-state index contributed by atoms with van der Waals surface area (Å²) in [5.41, 5.74) is 2.53. The molecule has 0 amide bonds. The van der Waals surface area contributed by atoms with Crippen LogP contribution in [0.3, 0.4) is 0 Å². The van der Waals surface area contributed by atoms with E-state index >= 15 is 0 Å². The molecule has 2 saturated carbocycles. The molecule has 6 atom stereocenters. The van der Waals surface area contributed by atoms with Gasteiger partial charge >= 0.3 is 11.9 Å². The Balaban J connectivity index is 1.44. The van der Waals surface area contributed by atoms with Gasteiger partial charge in [0, 0.05) is 23.9 Å². The van der Waals surface area contributed by atoms with Gasteiger partial charge in [-0.1, -0.05) is 37.1 Å². The van der Waals surface area contributed by atoms with E-state index in [2.05, 4.69) is 31.3 Å². The third kappa shape index (κ3) is 3.56. The molecule has 0 saturated heterocycles. The third-order valence-electron chi connectivity index (χ3n) is 8.52. The van der Waals surface area contributed by atoms with Gasteiger partial charge in [-0.3, -0.25) is 9.59 Å². The molecule has 0 aliphatic heterocycles. The van der Waals surface area contributed by atoms with Crippen molar-refractivity contribution in [2.24, 2.45) is 34.5 Å². The van der Waals surface area contributed by atoms with Crippen LogP contribution in [0.5, 0.6) is 0 Å². The van der Waals surface area contributed by atoms with E-state index in [0.29, 0.717) is 36.8 Å². The fraction of sp³-hybridized carbons (Fsp3) is 0.750. The van der Waals surface area contributed by atoms with Gasteiger partial charge in [0.15, 0.2) is 0 Å². The molecule has 0 heterocycles. The van der Waals surface area contributed by atoms with E-state index in [1.165, 1.54) is 11.1 Å². The Kier molecular flexibility index (Phi) is 5.39. The number of allylic oxidation sites excluding steroid dienone is 4. The summed E-state index contributed by atoms with van der Waals surface area (Å²) in [5, 5.41) is 22.7. The predicted molar refractivity (Wildman–Crippen MR) is 111 cm³/mol. The topological polar surface area (TPSA) is 86.6 Å². The molecule has 0 aromatic rings. The van der Waals surface area contributed by atoms with Gasteiger partial charge in [-0.05, 0) is 62.2 Å². The Bertz CT molecular complexity index is 694. The molecule has 0 bridgehead atoms. The number of fused-ring (bicyclic) bond motifs is 2. The molecule has 5 heteroatoms. The molecule has 4 aliphatic carbocycles. The summed E-state index contributed by atoms with van der Waals surface area (Å²) in [4.78, 5) is 23.2. The second-order valence-corrected chi connectivity index (χ2v) is 10.2. The van der Waals surface area contributed by atoms with Crippen LogP contribution < -0.4 is 5.32 Å². The molecule has 4 rings (SSSR count). The largest absolute Gasteiger partial charge is 0.481 e. The molecular weight excluding hydrogens is 366 g/mol. The number of nitrogens with one attached hydrogen (secondary N) is 1. The van der Waals surface area contributed by atoms with Crippen molar-refractivity contribution in [2.75, 3.05) is 13.1 Å². The second-order valence-electron chi connectivity index (χ2n) is 10.2. The molecular formula is C24H35NO4. The number of hydrogen-bond acceptors (Lipinski definition) is 3. The van der Waals surface area contributed by atoms with E-state index in [-0.39, 0.29) is 23.7 Å². The van der Waals surface area contributed by atoms with Crippen LogP contribution in [0.1, 0.15) is 65.2 Å². The summed E-state index contributed by atoms with van der Waals surface area (Å²) in [7, 11) is 0. The minimum atomic E-state index is -0.723. The SMILES string of the molecule is CCC1=C[C@@H]2C(C1)C[C@]2(CNC[C@]1(CC(=O)O)C[C@H]2CC(CC)=C[C@H]21)CC(=O)O. The van der Waals surface area contributed by atoms with Gasteiger partial charge in [0.05, 0.1) is 12.8 Å². The van der Waals surface area contributed by atoms with Crippen molar-refractivity contribution in [1.82, 2.24) is 5.32 Å². The lowest BCUT2D eigenvalue weighted by molar-refractivity contribution is -0.145. The zero-order valence-electron chi connectivity index (χ0n) is 17.7. The van der Waals surface area contributed by atoms with Crippen molar-refractivity contribution in [3.63, 3.8) is 0 Å². The molecule has 0 spiro atoms. The highest BCUT2D eigenvalue weighted by molar-refractivity contribution is 5.69. The summed E-state index contributed by atoms with van der Waals surface area (Å²) < 4.78 is 0. The number of carbonyl (C=O) groups is 2. The first-order chi connectivity index (χ1) is 13.8.